The Bertz CT molecular complexity index is 1190. The lowest BCUT2D eigenvalue weighted by Crippen LogP contribution is -2.41. The van der Waals surface area contributed by atoms with E-state index < -0.39 is 0 Å². The number of para-hydroxylation sites is 1. The standard InChI is InChI=1S/C22H23N9O/c1-16-12-21(31(28-16)18-7-3-2-4-8-18)25-22(32)17-6-5-11-29(13-17)19-9-10-20(27-26-19)30-15-23-14-24-30/h2-4,7-10,12,14-15,17H,5-6,11,13H2,1H3,(H,25,32)/t17-/m0/s1. The van der Waals surface area contributed by atoms with Gasteiger partial charge in [-0.05, 0) is 44.0 Å². The molecule has 1 saturated heterocycles. The summed E-state index contributed by atoms with van der Waals surface area (Å²) in [6.45, 7) is 3.34. The van der Waals surface area contributed by atoms with Crippen LogP contribution in [0.5, 0.6) is 0 Å². The molecule has 10 heteroatoms. The Kier molecular flexibility index (Phi) is 5.32. The van der Waals surface area contributed by atoms with Gasteiger partial charge < -0.3 is 10.2 Å². The molecule has 1 aromatic carbocycles. The summed E-state index contributed by atoms with van der Waals surface area (Å²) in [6, 6.07) is 15.4. The zero-order chi connectivity index (χ0) is 21.9. The molecule has 0 bridgehead atoms. The molecule has 4 aromatic rings. The average Bonchev–Trinajstić information content (AvgIpc) is 3.50. The number of hydrogen-bond donors (Lipinski definition) is 1. The summed E-state index contributed by atoms with van der Waals surface area (Å²) in [7, 11) is 0. The van der Waals surface area contributed by atoms with Crippen LogP contribution >= 0.6 is 0 Å². The van der Waals surface area contributed by atoms with Crippen LogP contribution in [0.4, 0.5) is 11.6 Å². The number of amides is 1. The number of piperidine rings is 1. The molecule has 1 aliphatic rings. The monoisotopic (exact) mass is 429 g/mol. The molecule has 162 valence electrons. The third-order valence-electron chi connectivity index (χ3n) is 5.49. The van der Waals surface area contributed by atoms with Gasteiger partial charge in [-0.1, -0.05) is 18.2 Å². The van der Waals surface area contributed by atoms with Crippen molar-refractivity contribution in [2.24, 2.45) is 5.92 Å². The van der Waals surface area contributed by atoms with Crippen molar-refractivity contribution in [1.29, 1.82) is 0 Å². The number of carbonyl (C=O) groups excluding carboxylic acids is 1. The van der Waals surface area contributed by atoms with Crippen molar-refractivity contribution < 1.29 is 4.79 Å². The molecule has 1 N–H and O–H groups in total. The number of rotatable bonds is 5. The van der Waals surface area contributed by atoms with Gasteiger partial charge in [-0.3, -0.25) is 4.79 Å². The van der Waals surface area contributed by atoms with Crippen LogP contribution in [0.25, 0.3) is 11.5 Å². The molecular formula is C22H23N9O. The van der Waals surface area contributed by atoms with E-state index in [0.29, 0.717) is 18.2 Å². The Balaban J connectivity index is 1.29. The molecule has 4 heterocycles. The molecule has 0 aliphatic carbocycles. The zero-order valence-electron chi connectivity index (χ0n) is 17.7. The summed E-state index contributed by atoms with van der Waals surface area (Å²) in [5, 5.41) is 20.2. The first kappa shape index (κ1) is 19.9. The number of hydrogen-bond acceptors (Lipinski definition) is 7. The van der Waals surface area contributed by atoms with E-state index in [2.05, 4.69) is 35.6 Å². The van der Waals surface area contributed by atoms with Gasteiger partial charge in [0.1, 0.15) is 18.5 Å². The highest BCUT2D eigenvalue weighted by Crippen LogP contribution is 2.24. The maximum Gasteiger partial charge on any atom is 0.230 e. The van der Waals surface area contributed by atoms with E-state index >= 15 is 0 Å². The van der Waals surface area contributed by atoms with E-state index in [9.17, 15) is 4.79 Å². The minimum absolute atomic E-state index is 0.0148. The molecule has 0 unspecified atom stereocenters. The van der Waals surface area contributed by atoms with E-state index in [4.69, 9.17) is 0 Å². The first-order valence-electron chi connectivity index (χ1n) is 10.5. The molecule has 1 atom stereocenters. The molecule has 0 spiro atoms. The molecule has 1 aliphatic heterocycles. The summed E-state index contributed by atoms with van der Waals surface area (Å²) < 4.78 is 3.32. The number of carbonyl (C=O) groups is 1. The summed E-state index contributed by atoms with van der Waals surface area (Å²) in [5.41, 5.74) is 1.75. The van der Waals surface area contributed by atoms with Crippen LogP contribution in [0.2, 0.25) is 0 Å². The quantitative estimate of drug-likeness (QED) is 0.519. The maximum atomic E-state index is 13.1. The molecule has 1 fully saturated rings. The smallest absolute Gasteiger partial charge is 0.230 e. The number of aromatic nitrogens is 7. The van der Waals surface area contributed by atoms with Crippen molar-refractivity contribution in [2.45, 2.75) is 19.8 Å². The van der Waals surface area contributed by atoms with Gasteiger partial charge in [0.05, 0.1) is 17.3 Å². The second kappa shape index (κ2) is 8.58. The first-order valence-corrected chi connectivity index (χ1v) is 10.5. The van der Waals surface area contributed by atoms with Crippen molar-refractivity contribution in [2.75, 3.05) is 23.3 Å². The summed E-state index contributed by atoms with van der Waals surface area (Å²) in [6.07, 6.45) is 4.76. The van der Waals surface area contributed by atoms with E-state index in [0.717, 1.165) is 36.6 Å². The lowest BCUT2D eigenvalue weighted by Gasteiger charge is -2.32. The fourth-order valence-electron chi connectivity index (χ4n) is 3.92. The normalized spacial score (nSPS) is 16.2. The summed E-state index contributed by atoms with van der Waals surface area (Å²) in [4.78, 5) is 19.1. The number of nitrogens with zero attached hydrogens (tertiary/aromatic N) is 8. The predicted molar refractivity (Wildman–Crippen MR) is 119 cm³/mol. The van der Waals surface area contributed by atoms with Crippen LogP contribution in [-0.2, 0) is 4.79 Å². The molecular weight excluding hydrogens is 406 g/mol. The minimum Gasteiger partial charge on any atom is -0.354 e. The number of anilines is 2. The second-order valence-electron chi connectivity index (χ2n) is 7.78. The second-order valence-corrected chi connectivity index (χ2v) is 7.78. The number of nitrogens with one attached hydrogen (secondary N) is 1. The lowest BCUT2D eigenvalue weighted by molar-refractivity contribution is -0.120. The van der Waals surface area contributed by atoms with Crippen LogP contribution in [0.1, 0.15) is 18.5 Å². The Morgan fingerprint density at radius 1 is 1.09 bits per heavy atom. The van der Waals surface area contributed by atoms with Gasteiger partial charge in [-0.25, -0.2) is 14.3 Å². The van der Waals surface area contributed by atoms with Gasteiger partial charge in [0.2, 0.25) is 5.91 Å². The number of aryl methyl sites for hydroxylation is 1. The number of benzene rings is 1. The minimum atomic E-state index is -0.153. The summed E-state index contributed by atoms with van der Waals surface area (Å²) in [5.74, 6) is 1.85. The van der Waals surface area contributed by atoms with Crippen LogP contribution in [0.15, 0.2) is 61.2 Å². The van der Waals surface area contributed by atoms with Crippen molar-refractivity contribution in [3.8, 4) is 11.5 Å². The topological polar surface area (TPSA) is 107 Å². The zero-order valence-corrected chi connectivity index (χ0v) is 17.7. The highest BCUT2D eigenvalue weighted by Gasteiger charge is 2.27. The molecule has 32 heavy (non-hydrogen) atoms. The van der Waals surface area contributed by atoms with E-state index in [1.807, 2.05) is 55.5 Å². The van der Waals surface area contributed by atoms with E-state index in [1.54, 1.807) is 15.7 Å². The van der Waals surface area contributed by atoms with E-state index in [1.165, 1.54) is 6.33 Å². The third kappa shape index (κ3) is 4.07. The SMILES string of the molecule is Cc1cc(NC(=O)[C@H]2CCCN(c3ccc(-n4cncn4)nn3)C2)n(-c2ccccc2)n1. The molecule has 0 radical (unpaired) electrons. The molecule has 0 saturated carbocycles. The summed E-state index contributed by atoms with van der Waals surface area (Å²) >= 11 is 0. The Morgan fingerprint density at radius 2 is 1.91 bits per heavy atom. The third-order valence-corrected chi connectivity index (χ3v) is 5.49. The highest BCUT2D eigenvalue weighted by molar-refractivity contribution is 5.92. The maximum absolute atomic E-state index is 13.1. The van der Waals surface area contributed by atoms with Crippen LogP contribution in [0.3, 0.4) is 0 Å². The largest absolute Gasteiger partial charge is 0.354 e. The van der Waals surface area contributed by atoms with Gasteiger partial charge in [-0.2, -0.15) is 10.2 Å². The molecule has 1 amide bonds. The molecule has 5 rings (SSSR count). The molecule has 10 nitrogen and oxygen atoms in total. The highest BCUT2D eigenvalue weighted by atomic mass is 16.2. The Labute approximate surface area is 184 Å². The predicted octanol–water partition coefficient (Wildman–Crippen LogP) is 2.41. The Hall–Kier alpha value is -4.08. The lowest BCUT2D eigenvalue weighted by atomic mass is 9.97. The van der Waals surface area contributed by atoms with Gasteiger partial charge in [-0.15, -0.1) is 10.2 Å². The Morgan fingerprint density at radius 3 is 2.66 bits per heavy atom. The van der Waals surface area contributed by atoms with Gasteiger partial charge >= 0.3 is 0 Å². The van der Waals surface area contributed by atoms with Crippen LogP contribution in [0, 0.1) is 12.8 Å². The van der Waals surface area contributed by atoms with Crippen molar-refractivity contribution >= 4 is 17.5 Å². The van der Waals surface area contributed by atoms with Gasteiger partial charge in [0.25, 0.3) is 0 Å². The van der Waals surface area contributed by atoms with Crippen LogP contribution < -0.4 is 10.2 Å². The van der Waals surface area contributed by atoms with E-state index in [-0.39, 0.29) is 11.8 Å². The van der Waals surface area contributed by atoms with Crippen molar-refractivity contribution in [1.82, 2.24) is 34.7 Å². The fourth-order valence-corrected chi connectivity index (χ4v) is 3.92. The van der Waals surface area contributed by atoms with Crippen molar-refractivity contribution in [3.63, 3.8) is 0 Å². The van der Waals surface area contributed by atoms with Gasteiger partial charge in [0.15, 0.2) is 11.6 Å². The fraction of sp³-hybridized carbons (Fsp3) is 0.273. The van der Waals surface area contributed by atoms with Gasteiger partial charge in [0, 0.05) is 19.2 Å². The first-order chi connectivity index (χ1) is 15.7. The van der Waals surface area contributed by atoms with Crippen LogP contribution in [-0.4, -0.2) is 53.7 Å². The average molecular weight is 429 g/mol. The molecule has 3 aromatic heterocycles. The van der Waals surface area contributed by atoms with Crippen molar-refractivity contribution in [3.05, 3.63) is 66.9 Å².